The number of ether oxygens (including phenoxy) is 1. The van der Waals surface area contributed by atoms with E-state index in [4.69, 9.17) is 4.74 Å². The van der Waals surface area contributed by atoms with Crippen LogP contribution in [-0.4, -0.2) is 57.1 Å². The minimum absolute atomic E-state index is 0.0887. The molecule has 1 aliphatic heterocycles. The quantitative estimate of drug-likeness (QED) is 0.773. The van der Waals surface area contributed by atoms with E-state index in [1.54, 1.807) is 0 Å². The van der Waals surface area contributed by atoms with Gasteiger partial charge in [-0.05, 0) is 45.3 Å². The summed E-state index contributed by atoms with van der Waals surface area (Å²) in [5.74, 6) is 0.165. The molecule has 19 heavy (non-hydrogen) atoms. The van der Waals surface area contributed by atoms with Crippen molar-refractivity contribution < 1.29 is 9.53 Å². The summed E-state index contributed by atoms with van der Waals surface area (Å²) in [6, 6.07) is 7.82. The van der Waals surface area contributed by atoms with Gasteiger partial charge in [-0.1, -0.05) is 0 Å². The molecule has 0 amide bonds. The van der Waals surface area contributed by atoms with Gasteiger partial charge in [0.1, 0.15) is 0 Å². The van der Waals surface area contributed by atoms with E-state index < -0.39 is 0 Å². The van der Waals surface area contributed by atoms with E-state index in [9.17, 15) is 4.79 Å². The largest absolute Gasteiger partial charge is 0.378 e. The maximum absolute atomic E-state index is 12.2. The Hall–Kier alpha value is -1.39. The lowest BCUT2D eigenvalue weighted by atomic mass is 10.0. The van der Waals surface area contributed by atoms with Crippen LogP contribution in [0.15, 0.2) is 24.3 Å². The second-order valence-corrected chi connectivity index (χ2v) is 5.15. The first-order chi connectivity index (χ1) is 9.09. The number of rotatable bonds is 4. The summed E-state index contributed by atoms with van der Waals surface area (Å²) in [4.78, 5) is 16.4. The number of Topliss-reactive ketones (excluding diaryl/α,β-unsaturated/α-hetero) is 1. The van der Waals surface area contributed by atoms with Crippen LogP contribution in [-0.2, 0) is 4.74 Å². The van der Waals surface area contributed by atoms with Crippen molar-refractivity contribution in [1.29, 1.82) is 0 Å². The van der Waals surface area contributed by atoms with Crippen molar-refractivity contribution in [2.75, 3.05) is 45.3 Å². The zero-order chi connectivity index (χ0) is 13.8. The Morgan fingerprint density at radius 1 is 1.21 bits per heavy atom. The van der Waals surface area contributed by atoms with Crippen molar-refractivity contribution in [2.45, 2.75) is 13.0 Å². The van der Waals surface area contributed by atoms with Crippen LogP contribution in [0.3, 0.4) is 0 Å². The molecule has 1 saturated heterocycles. The van der Waals surface area contributed by atoms with Gasteiger partial charge in [-0.2, -0.15) is 0 Å². The maximum atomic E-state index is 12.2. The van der Waals surface area contributed by atoms with Crippen LogP contribution >= 0.6 is 0 Å². The molecule has 0 spiro atoms. The molecule has 1 fully saturated rings. The summed E-state index contributed by atoms with van der Waals surface area (Å²) in [5, 5.41) is 0. The van der Waals surface area contributed by atoms with Gasteiger partial charge in [-0.15, -0.1) is 0 Å². The Morgan fingerprint density at radius 3 is 2.32 bits per heavy atom. The van der Waals surface area contributed by atoms with E-state index in [1.807, 2.05) is 50.2 Å². The summed E-state index contributed by atoms with van der Waals surface area (Å²) >= 11 is 0. The number of hydrogen-bond acceptors (Lipinski definition) is 4. The molecular weight excluding hydrogens is 240 g/mol. The molecule has 4 nitrogen and oxygen atoms in total. The van der Waals surface area contributed by atoms with E-state index >= 15 is 0 Å². The number of hydrogen-bond donors (Lipinski definition) is 0. The van der Waals surface area contributed by atoms with Crippen molar-refractivity contribution in [2.24, 2.45) is 0 Å². The maximum Gasteiger partial charge on any atom is 0.179 e. The van der Waals surface area contributed by atoms with Gasteiger partial charge in [0.05, 0.1) is 19.3 Å². The fraction of sp³-hybridized carbons (Fsp3) is 0.533. The van der Waals surface area contributed by atoms with Gasteiger partial charge in [-0.25, -0.2) is 0 Å². The third-order valence-electron chi connectivity index (χ3n) is 3.68. The Kier molecular flexibility index (Phi) is 4.56. The van der Waals surface area contributed by atoms with E-state index in [-0.39, 0.29) is 11.8 Å². The normalized spacial score (nSPS) is 17.6. The summed E-state index contributed by atoms with van der Waals surface area (Å²) in [7, 11) is 3.84. The molecule has 0 bridgehead atoms. The Balaban J connectivity index is 2.07. The lowest BCUT2D eigenvalue weighted by Gasteiger charge is -2.29. The summed E-state index contributed by atoms with van der Waals surface area (Å²) in [6.45, 7) is 5.32. The smallest absolute Gasteiger partial charge is 0.179 e. The van der Waals surface area contributed by atoms with Crippen molar-refractivity contribution in [3.05, 3.63) is 29.8 Å². The van der Waals surface area contributed by atoms with Crippen LogP contribution in [0, 0.1) is 0 Å². The third kappa shape index (κ3) is 3.33. The third-order valence-corrected chi connectivity index (χ3v) is 3.68. The second kappa shape index (κ2) is 6.17. The summed E-state index contributed by atoms with van der Waals surface area (Å²) < 4.78 is 5.34. The van der Waals surface area contributed by atoms with E-state index in [1.165, 1.54) is 0 Å². The molecule has 0 saturated carbocycles. The topological polar surface area (TPSA) is 32.8 Å². The monoisotopic (exact) mass is 262 g/mol. The number of carbonyl (C=O) groups is 1. The molecule has 2 rings (SSSR count). The first-order valence-corrected chi connectivity index (χ1v) is 6.73. The van der Waals surface area contributed by atoms with Gasteiger partial charge in [0.15, 0.2) is 5.78 Å². The van der Waals surface area contributed by atoms with Gasteiger partial charge in [-0.3, -0.25) is 9.69 Å². The Morgan fingerprint density at radius 2 is 1.79 bits per heavy atom. The lowest BCUT2D eigenvalue weighted by molar-refractivity contribution is 0.0890. The average Bonchev–Trinajstić information content (AvgIpc) is 2.46. The number of morpholine rings is 1. The van der Waals surface area contributed by atoms with Crippen molar-refractivity contribution >= 4 is 11.5 Å². The average molecular weight is 262 g/mol. The van der Waals surface area contributed by atoms with E-state index in [0.29, 0.717) is 0 Å². The van der Waals surface area contributed by atoms with Crippen LogP contribution < -0.4 is 4.90 Å². The minimum atomic E-state index is -0.0887. The number of anilines is 1. The van der Waals surface area contributed by atoms with Crippen molar-refractivity contribution in [3.8, 4) is 0 Å². The predicted octanol–water partition coefficient (Wildman–Crippen LogP) is 1.66. The lowest BCUT2D eigenvalue weighted by Crippen LogP contribution is -2.36. The molecule has 1 heterocycles. The molecule has 0 N–H and O–H groups in total. The molecule has 1 unspecified atom stereocenters. The van der Waals surface area contributed by atoms with E-state index in [0.717, 1.165) is 37.6 Å². The van der Waals surface area contributed by atoms with Crippen LogP contribution in [0.5, 0.6) is 0 Å². The zero-order valence-electron chi connectivity index (χ0n) is 11.9. The molecule has 1 aromatic carbocycles. The van der Waals surface area contributed by atoms with Crippen LogP contribution in [0.2, 0.25) is 0 Å². The Labute approximate surface area is 115 Å². The van der Waals surface area contributed by atoms with Crippen LogP contribution in [0.4, 0.5) is 5.69 Å². The molecule has 1 atom stereocenters. The molecule has 4 heteroatoms. The molecule has 0 aliphatic carbocycles. The van der Waals surface area contributed by atoms with Gasteiger partial charge in [0, 0.05) is 24.3 Å². The predicted molar refractivity (Wildman–Crippen MR) is 77.0 cm³/mol. The first kappa shape index (κ1) is 14.0. The highest BCUT2D eigenvalue weighted by Gasteiger charge is 2.17. The van der Waals surface area contributed by atoms with Gasteiger partial charge in [0.25, 0.3) is 0 Å². The Bertz CT molecular complexity index is 422. The fourth-order valence-electron chi connectivity index (χ4n) is 2.13. The van der Waals surface area contributed by atoms with Gasteiger partial charge < -0.3 is 9.64 Å². The highest BCUT2D eigenvalue weighted by molar-refractivity contribution is 6.00. The van der Waals surface area contributed by atoms with Crippen molar-refractivity contribution in [3.63, 3.8) is 0 Å². The fourth-order valence-corrected chi connectivity index (χ4v) is 2.13. The van der Waals surface area contributed by atoms with Crippen LogP contribution in [0.1, 0.15) is 17.3 Å². The van der Waals surface area contributed by atoms with Crippen LogP contribution in [0.25, 0.3) is 0 Å². The number of nitrogens with zero attached hydrogens (tertiary/aromatic N) is 2. The molecule has 0 radical (unpaired) electrons. The molecule has 0 aromatic heterocycles. The number of benzene rings is 1. The first-order valence-electron chi connectivity index (χ1n) is 6.73. The summed E-state index contributed by atoms with van der Waals surface area (Å²) in [5.41, 5.74) is 1.94. The van der Waals surface area contributed by atoms with Gasteiger partial charge in [0.2, 0.25) is 0 Å². The highest BCUT2D eigenvalue weighted by Crippen LogP contribution is 2.17. The molecular formula is C15H22N2O2. The molecule has 1 aromatic rings. The number of ketones is 1. The standard InChI is InChI=1S/C15H22N2O2/c1-12(16(2)3)15(18)13-4-6-14(7-5-13)17-8-10-19-11-9-17/h4-7,12H,8-11H2,1-3H3. The van der Waals surface area contributed by atoms with Gasteiger partial charge >= 0.3 is 0 Å². The SMILES string of the molecule is CC(C(=O)c1ccc(N2CCOCC2)cc1)N(C)C. The number of likely N-dealkylation sites (N-methyl/N-ethyl adjacent to an activating group) is 1. The zero-order valence-corrected chi connectivity index (χ0v) is 11.9. The molecule has 104 valence electrons. The van der Waals surface area contributed by atoms with Crippen molar-refractivity contribution in [1.82, 2.24) is 4.90 Å². The molecule has 1 aliphatic rings. The number of carbonyl (C=O) groups excluding carboxylic acids is 1. The highest BCUT2D eigenvalue weighted by atomic mass is 16.5. The second-order valence-electron chi connectivity index (χ2n) is 5.15. The minimum Gasteiger partial charge on any atom is -0.378 e. The summed E-state index contributed by atoms with van der Waals surface area (Å²) in [6.07, 6.45) is 0. The van der Waals surface area contributed by atoms with E-state index in [2.05, 4.69) is 4.90 Å².